The summed E-state index contributed by atoms with van der Waals surface area (Å²) in [4.78, 5) is 10.5. The Hall–Kier alpha value is -0.870. The van der Waals surface area contributed by atoms with Crippen molar-refractivity contribution in [3.05, 3.63) is 0 Å². The Bertz CT molecular complexity index is 320. The molecule has 1 amide bonds. The SMILES string of the molecule is O=C(C(C(F)(F)F)C(F)(F)F)N(CCCl)CC(F)(F)F. The third-order valence-corrected chi connectivity index (χ3v) is 2.11. The molecule has 0 atom stereocenters. The van der Waals surface area contributed by atoms with Gasteiger partial charge in [-0.3, -0.25) is 4.79 Å². The number of amides is 1. The molecule has 0 N–H and O–H groups in total. The lowest BCUT2D eigenvalue weighted by atomic mass is 10.1. The Morgan fingerprint density at radius 2 is 1.35 bits per heavy atom. The first-order chi connectivity index (χ1) is 8.70. The molecule has 120 valence electrons. The van der Waals surface area contributed by atoms with Crippen molar-refractivity contribution in [3.63, 3.8) is 0 Å². The Morgan fingerprint density at radius 3 is 1.60 bits per heavy atom. The zero-order chi connectivity index (χ0) is 16.4. The lowest BCUT2D eigenvalue weighted by Crippen LogP contribution is -2.52. The van der Waals surface area contributed by atoms with E-state index in [9.17, 15) is 44.3 Å². The normalized spacial score (nSPS) is 13.8. The Morgan fingerprint density at radius 1 is 0.950 bits per heavy atom. The first kappa shape index (κ1) is 19.1. The molecular formula is C8H7ClF9NO. The summed E-state index contributed by atoms with van der Waals surface area (Å²) in [6, 6.07) is 0. The van der Waals surface area contributed by atoms with Crippen molar-refractivity contribution in [3.8, 4) is 0 Å². The molecule has 0 unspecified atom stereocenters. The lowest BCUT2D eigenvalue weighted by molar-refractivity contribution is -0.279. The van der Waals surface area contributed by atoms with Crippen LogP contribution in [0.25, 0.3) is 0 Å². The minimum absolute atomic E-state index is 0.612. The number of carbonyl (C=O) groups is 1. The van der Waals surface area contributed by atoms with Crippen LogP contribution >= 0.6 is 11.6 Å². The van der Waals surface area contributed by atoms with Gasteiger partial charge in [0.2, 0.25) is 11.8 Å². The van der Waals surface area contributed by atoms with Crippen LogP contribution < -0.4 is 0 Å². The minimum atomic E-state index is -6.05. The predicted octanol–water partition coefficient (Wildman–Crippen LogP) is 3.36. The van der Waals surface area contributed by atoms with Gasteiger partial charge in [0.25, 0.3) is 0 Å². The van der Waals surface area contributed by atoms with E-state index in [-0.39, 0.29) is 0 Å². The molecule has 0 rings (SSSR count). The molecule has 0 aliphatic carbocycles. The fourth-order valence-corrected chi connectivity index (χ4v) is 1.44. The number of rotatable bonds is 4. The first-order valence-electron chi connectivity index (χ1n) is 4.75. The van der Waals surface area contributed by atoms with E-state index in [0.29, 0.717) is 0 Å². The summed E-state index contributed by atoms with van der Waals surface area (Å²) in [5.74, 6) is -7.99. The molecule has 0 bridgehead atoms. The third-order valence-electron chi connectivity index (χ3n) is 1.94. The van der Waals surface area contributed by atoms with E-state index in [1.165, 1.54) is 0 Å². The fraction of sp³-hybridized carbons (Fsp3) is 0.875. The largest absolute Gasteiger partial charge is 0.409 e. The average molecular weight is 340 g/mol. The van der Waals surface area contributed by atoms with Crippen LogP contribution in [0.3, 0.4) is 0 Å². The topological polar surface area (TPSA) is 20.3 Å². The van der Waals surface area contributed by atoms with Crippen LogP contribution in [0.1, 0.15) is 0 Å². The molecule has 2 nitrogen and oxygen atoms in total. The summed E-state index contributed by atoms with van der Waals surface area (Å²) in [6.45, 7) is -3.34. The summed E-state index contributed by atoms with van der Waals surface area (Å²) in [5, 5.41) is 0. The van der Waals surface area contributed by atoms with E-state index < -0.39 is 54.2 Å². The molecule has 0 aromatic carbocycles. The van der Waals surface area contributed by atoms with Crippen LogP contribution in [0.2, 0.25) is 0 Å². The van der Waals surface area contributed by atoms with Crippen LogP contribution in [-0.2, 0) is 4.79 Å². The maximum Gasteiger partial charge on any atom is 0.409 e. The highest BCUT2D eigenvalue weighted by molar-refractivity contribution is 6.18. The maximum absolute atomic E-state index is 12.2. The lowest BCUT2D eigenvalue weighted by Gasteiger charge is -2.29. The fourth-order valence-electron chi connectivity index (χ4n) is 1.23. The first-order valence-corrected chi connectivity index (χ1v) is 5.28. The molecule has 0 fully saturated rings. The van der Waals surface area contributed by atoms with Crippen molar-refractivity contribution in [2.75, 3.05) is 19.0 Å². The average Bonchev–Trinajstić information content (AvgIpc) is 2.09. The number of hydrogen-bond donors (Lipinski definition) is 0. The highest BCUT2D eigenvalue weighted by Crippen LogP contribution is 2.40. The second-order valence-electron chi connectivity index (χ2n) is 3.58. The number of nitrogens with zero attached hydrogens (tertiary/aromatic N) is 1. The van der Waals surface area contributed by atoms with Crippen LogP contribution in [0.4, 0.5) is 39.5 Å². The second-order valence-corrected chi connectivity index (χ2v) is 3.96. The van der Waals surface area contributed by atoms with Gasteiger partial charge in [0.15, 0.2) is 0 Å². The van der Waals surface area contributed by atoms with Crippen molar-refractivity contribution in [1.82, 2.24) is 4.90 Å². The highest BCUT2D eigenvalue weighted by atomic mass is 35.5. The van der Waals surface area contributed by atoms with Gasteiger partial charge in [-0.25, -0.2) is 0 Å². The standard InChI is InChI=1S/C8H7ClF9NO/c9-1-2-19(3-6(10,11)12)5(20)4(7(13,14)15)8(16,17)18/h4H,1-3H2. The van der Waals surface area contributed by atoms with Crippen LogP contribution in [0.15, 0.2) is 0 Å². The van der Waals surface area contributed by atoms with Gasteiger partial charge in [-0.05, 0) is 0 Å². The summed E-state index contributed by atoms with van der Waals surface area (Å²) >= 11 is 4.98. The van der Waals surface area contributed by atoms with Gasteiger partial charge in [-0.2, -0.15) is 39.5 Å². The van der Waals surface area contributed by atoms with E-state index in [0.717, 1.165) is 0 Å². The molecule has 0 saturated heterocycles. The Kier molecular flexibility index (Phi) is 6.00. The molecular weight excluding hydrogens is 333 g/mol. The monoisotopic (exact) mass is 339 g/mol. The smallest absolute Gasteiger partial charge is 0.332 e. The van der Waals surface area contributed by atoms with Gasteiger partial charge in [0.1, 0.15) is 6.54 Å². The van der Waals surface area contributed by atoms with Crippen molar-refractivity contribution < 1.29 is 44.3 Å². The number of hydrogen-bond acceptors (Lipinski definition) is 1. The molecule has 20 heavy (non-hydrogen) atoms. The Balaban J connectivity index is 5.38. The van der Waals surface area contributed by atoms with Crippen molar-refractivity contribution in [1.29, 1.82) is 0 Å². The highest BCUT2D eigenvalue weighted by Gasteiger charge is 2.62. The molecule has 12 heteroatoms. The molecule has 0 aliphatic heterocycles. The van der Waals surface area contributed by atoms with Crippen LogP contribution in [0.5, 0.6) is 0 Å². The molecule has 0 radical (unpaired) electrons. The van der Waals surface area contributed by atoms with Gasteiger partial charge in [0, 0.05) is 12.4 Å². The van der Waals surface area contributed by atoms with Crippen LogP contribution in [-0.4, -0.2) is 48.3 Å². The van der Waals surface area contributed by atoms with Gasteiger partial charge in [-0.15, -0.1) is 11.6 Å². The summed E-state index contributed by atoms with van der Waals surface area (Å²) in [7, 11) is 0. The van der Waals surface area contributed by atoms with Gasteiger partial charge >= 0.3 is 18.5 Å². The van der Waals surface area contributed by atoms with Crippen molar-refractivity contribution in [2.24, 2.45) is 5.92 Å². The summed E-state index contributed by atoms with van der Waals surface area (Å²) in [6.07, 6.45) is -17.2. The van der Waals surface area contributed by atoms with E-state index in [1.54, 1.807) is 0 Å². The van der Waals surface area contributed by atoms with Gasteiger partial charge in [-0.1, -0.05) is 0 Å². The zero-order valence-corrected chi connectivity index (χ0v) is 10.1. The maximum atomic E-state index is 12.2. The van der Waals surface area contributed by atoms with Gasteiger partial charge < -0.3 is 4.90 Å². The van der Waals surface area contributed by atoms with Crippen LogP contribution in [0, 0.1) is 5.92 Å². The summed E-state index contributed by atoms with van der Waals surface area (Å²) in [5.41, 5.74) is 0. The molecule has 0 aromatic heterocycles. The van der Waals surface area contributed by atoms with E-state index in [1.807, 2.05) is 0 Å². The van der Waals surface area contributed by atoms with E-state index >= 15 is 0 Å². The number of halogens is 10. The number of alkyl halides is 10. The molecule has 0 saturated carbocycles. The zero-order valence-electron chi connectivity index (χ0n) is 9.33. The van der Waals surface area contributed by atoms with Crippen molar-refractivity contribution >= 4 is 17.5 Å². The van der Waals surface area contributed by atoms with E-state index in [4.69, 9.17) is 11.6 Å². The number of carbonyl (C=O) groups excluding carboxylic acids is 1. The summed E-state index contributed by atoms with van der Waals surface area (Å²) < 4.78 is 109. The molecule has 0 aliphatic rings. The third kappa shape index (κ3) is 6.06. The predicted molar refractivity (Wildman–Crippen MR) is 49.0 cm³/mol. The Labute approximate surface area is 111 Å². The van der Waals surface area contributed by atoms with E-state index in [2.05, 4.69) is 0 Å². The molecule has 0 spiro atoms. The quantitative estimate of drug-likeness (QED) is 0.568. The second kappa shape index (κ2) is 6.27. The van der Waals surface area contributed by atoms with Gasteiger partial charge in [0.05, 0.1) is 0 Å². The molecule has 0 aromatic rings. The molecule has 0 heterocycles. The van der Waals surface area contributed by atoms with Crippen molar-refractivity contribution in [2.45, 2.75) is 18.5 Å². The minimum Gasteiger partial charge on any atom is -0.332 e.